The third-order valence-electron chi connectivity index (χ3n) is 4.61. The van der Waals surface area contributed by atoms with Gasteiger partial charge >= 0.3 is 6.36 Å². The zero-order chi connectivity index (χ0) is 15.5. The van der Waals surface area contributed by atoms with Crippen LogP contribution in [0.3, 0.4) is 0 Å². The molecule has 4 heteroatoms. The number of hydrogen-bond acceptors (Lipinski definition) is 1. The van der Waals surface area contributed by atoms with E-state index >= 15 is 0 Å². The molecule has 1 aliphatic rings. The molecule has 1 fully saturated rings. The van der Waals surface area contributed by atoms with Crippen molar-refractivity contribution < 1.29 is 17.9 Å². The van der Waals surface area contributed by atoms with Gasteiger partial charge in [0.05, 0.1) is 6.10 Å². The molecule has 0 aromatic heterocycles. The van der Waals surface area contributed by atoms with Gasteiger partial charge in [-0.15, -0.1) is 13.2 Å². The minimum atomic E-state index is -4.59. The molecule has 1 nitrogen and oxygen atoms in total. The van der Waals surface area contributed by atoms with Crippen molar-refractivity contribution in [3.05, 3.63) is 35.4 Å². The fraction of sp³-hybridized carbons (Fsp3) is 0.647. The predicted molar refractivity (Wildman–Crippen MR) is 77.0 cm³/mol. The second-order valence-corrected chi connectivity index (χ2v) is 6.00. The highest BCUT2D eigenvalue weighted by molar-refractivity contribution is 5.27. The van der Waals surface area contributed by atoms with Gasteiger partial charge < -0.3 is 0 Å². The summed E-state index contributed by atoms with van der Waals surface area (Å²) in [6.07, 6.45) is 0.593. The van der Waals surface area contributed by atoms with Gasteiger partial charge in [0.25, 0.3) is 0 Å². The summed E-state index contributed by atoms with van der Waals surface area (Å²) in [6.45, 7) is 3.66. The van der Waals surface area contributed by atoms with E-state index in [0.29, 0.717) is 11.5 Å². The van der Waals surface area contributed by atoms with Gasteiger partial charge in [0.1, 0.15) is 0 Å². The maximum atomic E-state index is 12.2. The lowest BCUT2D eigenvalue weighted by molar-refractivity contribution is -0.342. The number of rotatable bonds is 4. The van der Waals surface area contributed by atoms with E-state index in [4.69, 9.17) is 0 Å². The molecule has 0 bridgehead atoms. The lowest BCUT2D eigenvalue weighted by atomic mass is 9.78. The van der Waals surface area contributed by atoms with E-state index in [9.17, 15) is 13.2 Å². The Hall–Kier alpha value is -1.03. The third kappa shape index (κ3) is 4.73. The van der Waals surface area contributed by atoms with Gasteiger partial charge in [0, 0.05) is 0 Å². The lowest BCUT2D eigenvalue weighted by Gasteiger charge is -2.28. The largest absolute Gasteiger partial charge is 0.523 e. The van der Waals surface area contributed by atoms with Crippen LogP contribution >= 0.6 is 0 Å². The standard InChI is InChI=1S/C17H23F3O/c1-3-13-4-6-15(7-5-13)16-10-8-14(9-11-16)12(2)21-17(18,19)20/h8-13,15H,3-7H2,1-2H3. The molecule has 1 aromatic carbocycles. The van der Waals surface area contributed by atoms with Crippen molar-refractivity contribution in [3.8, 4) is 0 Å². The molecule has 1 aromatic rings. The van der Waals surface area contributed by atoms with Crippen LogP contribution in [-0.2, 0) is 4.74 Å². The highest BCUT2D eigenvalue weighted by atomic mass is 19.4. The normalized spacial score (nSPS) is 24.8. The van der Waals surface area contributed by atoms with Crippen LogP contribution in [0.4, 0.5) is 13.2 Å². The summed E-state index contributed by atoms with van der Waals surface area (Å²) in [5, 5.41) is 0. The summed E-state index contributed by atoms with van der Waals surface area (Å²) in [6, 6.07) is 7.44. The van der Waals surface area contributed by atoms with Crippen molar-refractivity contribution in [2.75, 3.05) is 0 Å². The summed E-state index contributed by atoms with van der Waals surface area (Å²) in [5.41, 5.74) is 1.81. The molecule has 1 saturated carbocycles. The van der Waals surface area contributed by atoms with Crippen LogP contribution in [0.25, 0.3) is 0 Å². The van der Waals surface area contributed by atoms with Crippen molar-refractivity contribution in [2.45, 2.75) is 64.3 Å². The van der Waals surface area contributed by atoms with Crippen LogP contribution in [0.5, 0.6) is 0 Å². The van der Waals surface area contributed by atoms with Crippen LogP contribution in [-0.4, -0.2) is 6.36 Å². The second-order valence-electron chi connectivity index (χ2n) is 6.00. The quantitative estimate of drug-likeness (QED) is 0.666. The summed E-state index contributed by atoms with van der Waals surface area (Å²) < 4.78 is 40.7. The van der Waals surface area contributed by atoms with Crippen molar-refractivity contribution in [1.82, 2.24) is 0 Å². The Kier molecular flexibility index (Phi) is 5.31. The molecule has 118 valence electrons. The average Bonchev–Trinajstić information content (AvgIpc) is 2.46. The molecular formula is C17H23F3O. The van der Waals surface area contributed by atoms with E-state index in [1.54, 1.807) is 12.1 Å². The molecule has 0 N–H and O–H groups in total. The van der Waals surface area contributed by atoms with Crippen LogP contribution in [0.2, 0.25) is 0 Å². The molecule has 21 heavy (non-hydrogen) atoms. The topological polar surface area (TPSA) is 9.23 Å². The molecule has 0 heterocycles. The predicted octanol–water partition coefficient (Wildman–Crippen LogP) is 5.97. The van der Waals surface area contributed by atoms with Crippen LogP contribution in [0.1, 0.15) is 69.1 Å². The number of alkyl halides is 3. The zero-order valence-corrected chi connectivity index (χ0v) is 12.6. The first-order valence-corrected chi connectivity index (χ1v) is 7.73. The van der Waals surface area contributed by atoms with E-state index < -0.39 is 12.5 Å². The molecule has 0 radical (unpaired) electrons. The highest BCUT2D eigenvalue weighted by Crippen LogP contribution is 2.37. The Morgan fingerprint density at radius 3 is 2.14 bits per heavy atom. The maximum absolute atomic E-state index is 12.2. The Balaban J connectivity index is 1.96. The highest BCUT2D eigenvalue weighted by Gasteiger charge is 2.32. The van der Waals surface area contributed by atoms with E-state index in [1.807, 2.05) is 12.1 Å². The molecule has 0 spiro atoms. The van der Waals surface area contributed by atoms with E-state index in [2.05, 4.69) is 11.7 Å². The first-order chi connectivity index (χ1) is 9.89. The van der Waals surface area contributed by atoms with E-state index in [0.717, 1.165) is 5.92 Å². The second kappa shape index (κ2) is 6.82. The Morgan fingerprint density at radius 2 is 1.67 bits per heavy atom. The van der Waals surface area contributed by atoms with E-state index in [-0.39, 0.29) is 0 Å². The first kappa shape index (κ1) is 16.3. The Morgan fingerprint density at radius 1 is 1.10 bits per heavy atom. The molecule has 0 saturated heterocycles. The Labute approximate surface area is 124 Å². The third-order valence-corrected chi connectivity index (χ3v) is 4.61. The zero-order valence-electron chi connectivity index (χ0n) is 12.6. The molecule has 2 rings (SSSR count). The van der Waals surface area contributed by atoms with Crippen LogP contribution in [0.15, 0.2) is 24.3 Å². The van der Waals surface area contributed by atoms with Gasteiger partial charge in [0.15, 0.2) is 0 Å². The minimum absolute atomic E-state index is 0.556. The fourth-order valence-electron chi connectivity index (χ4n) is 3.21. The molecule has 0 aliphatic heterocycles. The molecular weight excluding hydrogens is 277 g/mol. The monoisotopic (exact) mass is 300 g/mol. The van der Waals surface area contributed by atoms with Gasteiger partial charge in [-0.3, -0.25) is 4.74 Å². The van der Waals surface area contributed by atoms with Gasteiger partial charge in [-0.25, -0.2) is 0 Å². The van der Waals surface area contributed by atoms with Gasteiger partial charge in [0.2, 0.25) is 0 Å². The average molecular weight is 300 g/mol. The van der Waals surface area contributed by atoms with Crippen LogP contribution < -0.4 is 0 Å². The molecule has 1 aliphatic carbocycles. The van der Waals surface area contributed by atoms with Crippen molar-refractivity contribution in [3.63, 3.8) is 0 Å². The smallest absolute Gasteiger partial charge is 0.284 e. The minimum Gasteiger partial charge on any atom is -0.284 e. The molecule has 1 unspecified atom stereocenters. The Bertz CT molecular complexity index is 430. The van der Waals surface area contributed by atoms with Gasteiger partial charge in [-0.05, 0) is 55.6 Å². The van der Waals surface area contributed by atoms with Crippen molar-refractivity contribution in [1.29, 1.82) is 0 Å². The molecule has 1 atom stereocenters. The number of ether oxygens (including phenoxy) is 1. The molecule has 0 amide bonds. The summed E-state index contributed by atoms with van der Waals surface area (Å²) >= 11 is 0. The fourth-order valence-corrected chi connectivity index (χ4v) is 3.21. The first-order valence-electron chi connectivity index (χ1n) is 7.73. The SMILES string of the molecule is CCC1CCC(c2ccc(C(C)OC(F)(F)F)cc2)CC1. The van der Waals surface area contributed by atoms with Gasteiger partial charge in [-0.2, -0.15) is 0 Å². The number of hydrogen-bond donors (Lipinski definition) is 0. The number of benzene rings is 1. The summed E-state index contributed by atoms with van der Waals surface area (Å²) in [7, 11) is 0. The van der Waals surface area contributed by atoms with Crippen LogP contribution in [0, 0.1) is 5.92 Å². The van der Waals surface area contributed by atoms with E-state index in [1.165, 1.54) is 44.6 Å². The summed E-state index contributed by atoms with van der Waals surface area (Å²) in [4.78, 5) is 0. The maximum Gasteiger partial charge on any atom is 0.523 e. The van der Waals surface area contributed by atoms with Crippen molar-refractivity contribution in [2.24, 2.45) is 5.92 Å². The lowest BCUT2D eigenvalue weighted by Crippen LogP contribution is -2.16. The van der Waals surface area contributed by atoms with Crippen molar-refractivity contribution >= 4 is 0 Å². The number of halogens is 3. The van der Waals surface area contributed by atoms with Gasteiger partial charge in [-0.1, -0.05) is 37.6 Å². The summed E-state index contributed by atoms with van der Waals surface area (Å²) in [5.74, 6) is 1.40.